The van der Waals surface area contributed by atoms with Crippen molar-refractivity contribution < 1.29 is 0 Å². The fourth-order valence-corrected chi connectivity index (χ4v) is 2.76. The number of nitrogens with zero attached hydrogens (tertiary/aromatic N) is 2. The number of hydrogen-bond donors (Lipinski definition) is 0. The third kappa shape index (κ3) is 2.57. The molecule has 0 fully saturated rings. The van der Waals surface area contributed by atoms with Gasteiger partial charge in [0.15, 0.2) is 0 Å². The van der Waals surface area contributed by atoms with E-state index in [0.717, 1.165) is 17.9 Å². The first-order chi connectivity index (χ1) is 10.6. The van der Waals surface area contributed by atoms with Gasteiger partial charge in [0.25, 0.3) is 0 Å². The molecule has 2 aromatic carbocycles. The second kappa shape index (κ2) is 5.80. The topological polar surface area (TPSA) is 17.8 Å². The lowest BCUT2D eigenvalue weighted by atomic mass is 9.79. The molecule has 0 unspecified atom stereocenters. The van der Waals surface area contributed by atoms with Crippen LogP contribution in [-0.4, -0.2) is 9.55 Å². The Balaban J connectivity index is 2.17. The monoisotopic (exact) mass is 290 g/mol. The van der Waals surface area contributed by atoms with E-state index in [1.807, 2.05) is 18.5 Å². The Morgan fingerprint density at radius 3 is 2.36 bits per heavy atom. The van der Waals surface area contributed by atoms with Gasteiger partial charge in [0.05, 0.1) is 0 Å². The highest BCUT2D eigenvalue weighted by Crippen LogP contribution is 2.35. The van der Waals surface area contributed by atoms with Crippen molar-refractivity contribution in [3.63, 3.8) is 0 Å². The molecule has 0 N–H and O–H groups in total. The lowest BCUT2D eigenvalue weighted by Crippen LogP contribution is -2.17. The summed E-state index contributed by atoms with van der Waals surface area (Å²) in [6.45, 7) is 6.82. The predicted molar refractivity (Wildman–Crippen MR) is 92.3 cm³/mol. The average molecular weight is 290 g/mol. The number of imidazole rings is 1. The second-order valence-electron chi connectivity index (χ2n) is 6.24. The van der Waals surface area contributed by atoms with Gasteiger partial charge in [0, 0.05) is 23.6 Å². The molecule has 1 aromatic heterocycles. The number of aromatic nitrogens is 2. The minimum Gasteiger partial charge on any atom is -0.300 e. The summed E-state index contributed by atoms with van der Waals surface area (Å²) in [5.74, 6) is 1.00. The van der Waals surface area contributed by atoms with Crippen molar-refractivity contribution in [2.45, 2.75) is 32.6 Å². The third-order valence-corrected chi connectivity index (χ3v) is 4.46. The first-order valence-corrected chi connectivity index (χ1v) is 7.82. The fourth-order valence-electron chi connectivity index (χ4n) is 2.76. The van der Waals surface area contributed by atoms with E-state index in [1.165, 1.54) is 11.1 Å². The Hall–Kier alpha value is -2.35. The first kappa shape index (κ1) is 14.6. The Labute approximate surface area is 132 Å². The van der Waals surface area contributed by atoms with E-state index in [9.17, 15) is 0 Å². The van der Waals surface area contributed by atoms with Gasteiger partial charge in [-0.05, 0) is 29.5 Å². The maximum absolute atomic E-state index is 4.63. The van der Waals surface area contributed by atoms with Crippen LogP contribution in [0, 0.1) is 0 Å². The van der Waals surface area contributed by atoms with Crippen LogP contribution in [0.2, 0.25) is 0 Å². The van der Waals surface area contributed by atoms with E-state index in [0.29, 0.717) is 0 Å². The summed E-state index contributed by atoms with van der Waals surface area (Å²) >= 11 is 0. The van der Waals surface area contributed by atoms with Gasteiger partial charge in [-0.15, -0.1) is 0 Å². The number of para-hydroxylation sites is 1. The van der Waals surface area contributed by atoms with Crippen LogP contribution < -0.4 is 0 Å². The van der Waals surface area contributed by atoms with E-state index in [-0.39, 0.29) is 5.41 Å². The van der Waals surface area contributed by atoms with Gasteiger partial charge in [0.2, 0.25) is 0 Å². The number of benzene rings is 2. The molecule has 112 valence electrons. The Bertz CT molecular complexity index is 754. The molecule has 0 aliphatic rings. The maximum atomic E-state index is 4.63. The lowest BCUT2D eigenvalue weighted by molar-refractivity contribution is 0.507. The summed E-state index contributed by atoms with van der Waals surface area (Å²) in [5, 5.41) is 0. The van der Waals surface area contributed by atoms with Gasteiger partial charge >= 0.3 is 0 Å². The zero-order valence-corrected chi connectivity index (χ0v) is 13.5. The lowest BCUT2D eigenvalue weighted by Gasteiger charge is -2.26. The normalized spacial score (nSPS) is 11.6. The molecule has 1 heterocycles. The average Bonchev–Trinajstić information content (AvgIpc) is 3.05. The van der Waals surface area contributed by atoms with Gasteiger partial charge in [-0.1, -0.05) is 63.2 Å². The van der Waals surface area contributed by atoms with Crippen molar-refractivity contribution in [2.75, 3.05) is 0 Å². The zero-order valence-electron chi connectivity index (χ0n) is 13.5. The molecule has 0 aliphatic carbocycles. The van der Waals surface area contributed by atoms with E-state index in [4.69, 9.17) is 0 Å². The summed E-state index contributed by atoms with van der Waals surface area (Å²) in [4.78, 5) is 4.63. The van der Waals surface area contributed by atoms with E-state index >= 15 is 0 Å². The molecule has 0 radical (unpaired) electrons. The Morgan fingerprint density at radius 1 is 0.955 bits per heavy atom. The minimum absolute atomic E-state index is 0.129. The molecule has 2 heteroatoms. The van der Waals surface area contributed by atoms with Crippen LogP contribution in [0.4, 0.5) is 0 Å². The number of hydrogen-bond acceptors (Lipinski definition) is 1. The molecular formula is C20H22N2. The smallest absolute Gasteiger partial charge is 0.144 e. The predicted octanol–water partition coefficient (Wildman–Crippen LogP) is 5.23. The van der Waals surface area contributed by atoms with E-state index < -0.39 is 0 Å². The highest BCUT2D eigenvalue weighted by atomic mass is 15.1. The van der Waals surface area contributed by atoms with Crippen LogP contribution in [0.5, 0.6) is 0 Å². The number of rotatable bonds is 4. The molecule has 0 spiro atoms. The van der Waals surface area contributed by atoms with Gasteiger partial charge in [-0.2, -0.15) is 0 Å². The summed E-state index contributed by atoms with van der Waals surface area (Å²) in [6, 6.07) is 19.0. The SMILES string of the molecule is CCC(C)(C)c1ccccc1-c1nccn1-c1ccccc1. The van der Waals surface area contributed by atoms with Crippen LogP contribution in [0.3, 0.4) is 0 Å². The molecule has 0 atom stereocenters. The molecule has 3 aromatic rings. The molecule has 0 aliphatic heterocycles. The minimum atomic E-state index is 0.129. The highest BCUT2D eigenvalue weighted by molar-refractivity contribution is 5.64. The molecule has 22 heavy (non-hydrogen) atoms. The molecule has 3 rings (SSSR count). The fraction of sp³-hybridized carbons (Fsp3) is 0.250. The van der Waals surface area contributed by atoms with Gasteiger partial charge in [-0.25, -0.2) is 4.98 Å². The van der Waals surface area contributed by atoms with Crippen molar-refractivity contribution >= 4 is 0 Å². The quantitative estimate of drug-likeness (QED) is 0.643. The van der Waals surface area contributed by atoms with Crippen molar-refractivity contribution in [2.24, 2.45) is 0 Å². The zero-order chi connectivity index (χ0) is 15.6. The van der Waals surface area contributed by atoms with Crippen LogP contribution >= 0.6 is 0 Å². The standard InChI is InChI=1S/C20H22N2/c1-4-20(2,3)18-13-9-8-12-17(18)19-21-14-15-22(19)16-10-6-5-7-11-16/h5-15H,4H2,1-3H3. The first-order valence-electron chi connectivity index (χ1n) is 7.82. The van der Waals surface area contributed by atoms with Crippen molar-refractivity contribution in [3.05, 3.63) is 72.6 Å². The Morgan fingerprint density at radius 2 is 1.64 bits per heavy atom. The molecular weight excluding hydrogens is 268 g/mol. The van der Waals surface area contributed by atoms with E-state index in [1.54, 1.807) is 0 Å². The van der Waals surface area contributed by atoms with E-state index in [2.05, 4.69) is 78.9 Å². The maximum Gasteiger partial charge on any atom is 0.144 e. The van der Waals surface area contributed by atoms with Crippen molar-refractivity contribution in [1.82, 2.24) is 9.55 Å². The van der Waals surface area contributed by atoms with Gasteiger partial charge in [-0.3, -0.25) is 4.57 Å². The molecule has 0 bridgehead atoms. The summed E-state index contributed by atoms with van der Waals surface area (Å²) in [7, 11) is 0. The van der Waals surface area contributed by atoms with Crippen molar-refractivity contribution in [1.29, 1.82) is 0 Å². The molecule has 0 saturated carbocycles. The van der Waals surface area contributed by atoms with Crippen molar-refractivity contribution in [3.8, 4) is 17.1 Å². The third-order valence-electron chi connectivity index (χ3n) is 4.46. The second-order valence-corrected chi connectivity index (χ2v) is 6.24. The molecule has 0 saturated heterocycles. The Kier molecular flexibility index (Phi) is 3.84. The largest absolute Gasteiger partial charge is 0.300 e. The van der Waals surface area contributed by atoms with Gasteiger partial charge < -0.3 is 0 Å². The highest BCUT2D eigenvalue weighted by Gasteiger charge is 2.23. The van der Waals surface area contributed by atoms with Crippen LogP contribution in [0.15, 0.2) is 67.0 Å². The van der Waals surface area contributed by atoms with Crippen LogP contribution in [0.1, 0.15) is 32.8 Å². The van der Waals surface area contributed by atoms with Crippen LogP contribution in [-0.2, 0) is 5.41 Å². The summed E-state index contributed by atoms with van der Waals surface area (Å²) in [6.07, 6.45) is 4.99. The summed E-state index contributed by atoms with van der Waals surface area (Å²) < 4.78 is 2.16. The van der Waals surface area contributed by atoms with Crippen LogP contribution in [0.25, 0.3) is 17.1 Å². The molecule has 0 amide bonds. The van der Waals surface area contributed by atoms with Gasteiger partial charge in [0.1, 0.15) is 5.82 Å². The molecule has 2 nitrogen and oxygen atoms in total. The summed E-state index contributed by atoms with van der Waals surface area (Å²) in [5.41, 5.74) is 3.83.